The standard InChI is InChI=1S/C8H20N2O2/c1-5-6-7-9-10(11)12-8(2,3)4/h9,11H,5-7H2,1-4H3. The average molecular weight is 176 g/mol. The van der Waals surface area contributed by atoms with Gasteiger partial charge in [0.2, 0.25) is 0 Å². The second-order valence-electron chi connectivity index (χ2n) is 3.74. The Kier molecular flexibility index (Phi) is 5.41. The van der Waals surface area contributed by atoms with Gasteiger partial charge in [-0.3, -0.25) is 10.0 Å². The highest BCUT2D eigenvalue weighted by molar-refractivity contribution is 4.55. The van der Waals surface area contributed by atoms with Crippen LogP contribution in [0.25, 0.3) is 0 Å². The summed E-state index contributed by atoms with van der Waals surface area (Å²) in [6.07, 6.45) is 2.11. The van der Waals surface area contributed by atoms with E-state index in [0.29, 0.717) is 5.34 Å². The van der Waals surface area contributed by atoms with Gasteiger partial charge in [-0.2, -0.15) is 0 Å². The highest BCUT2D eigenvalue weighted by Crippen LogP contribution is 2.06. The van der Waals surface area contributed by atoms with Crippen LogP contribution in [0.5, 0.6) is 0 Å². The van der Waals surface area contributed by atoms with Crippen LogP contribution < -0.4 is 5.43 Å². The van der Waals surface area contributed by atoms with Crippen LogP contribution in [0.4, 0.5) is 0 Å². The fourth-order valence-corrected chi connectivity index (χ4v) is 0.643. The summed E-state index contributed by atoms with van der Waals surface area (Å²) in [6, 6.07) is 0. The maximum absolute atomic E-state index is 9.11. The molecular weight excluding hydrogens is 156 g/mol. The lowest BCUT2D eigenvalue weighted by Crippen LogP contribution is -2.41. The molecule has 0 aliphatic heterocycles. The van der Waals surface area contributed by atoms with Gasteiger partial charge in [-0.15, -0.1) is 0 Å². The fraction of sp³-hybridized carbons (Fsp3) is 1.00. The molecule has 0 aliphatic rings. The third-order valence-electron chi connectivity index (χ3n) is 1.14. The molecule has 0 aromatic rings. The Morgan fingerprint density at radius 2 is 2.00 bits per heavy atom. The molecule has 0 spiro atoms. The number of nitrogens with zero attached hydrogens (tertiary/aromatic N) is 1. The molecule has 0 rings (SSSR count). The zero-order valence-corrected chi connectivity index (χ0v) is 8.42. The van der Waals surface area contributed by atoms with E-state index >= 15 is 0 Å². The lowest BCUT2D eigenvalue weighted by molar-refractivity contribution is -0.406. The molecule has 0 saturated heterocycles. The van der Waals surface area contributed by atoms with Gasteiger partial charge < -0.3 is 0 Å². The van der Waals surface area contributed by atoms with E-state index in [9.17, 15) is 0 Å². The molecule has 0 fully saturated rings. The van der Waals surface area contributed by atoms with Crippen molar-refractivity contribution in [2.24, 2.45) is 0 Å². The summed E-state index contributed by atoms with van der Waals surface area (Å²) in [5, 5.41) is 9.80. The Labute approximate surface area is 74.4 Å². The molecule has 74 valence electrons. The molecule has 4 heteroatoms. The molecule has 0 radical (unpaired) electrons. The van der Waals surface area contributed by atoms with Crippen LogP contribution in [0.15, 0.2) is 0 Å². The summed E-state index contributed by atoms with van der Waals surface area (Å²) < 4.78 is 0. The van der Waals surface area contributed by atoms with Crippen molar-refractivity contribution in [3.63, 3.8) is 0 Å². The predicted octanol–water partition coefficient (Wildman–Crippen LogP) is 1.71. The highest BCUT2D eigenvalue weighted by atomic mass is 16.9. The van der Waals surface area contributed by atoms with Crippen molar-refractivity contribution < 1.29 is 10.0 Å². The Balaban J connectivity index is 3.40. The lowest BCUT2D eigenvalue weighted by Gasteiger charge is -2.24. The summed E-state index contributed by atoms with van der Waals surface area (Å²) in [4.78, 5) is 5.06. The third-order valence-corrected chi connectivity index (χ3v) is 1.14. The van der Waals surface area contributed by atoms with Crippen molar-refractivity contribution in [1.82, 2.24) is 10.8 Å². The number of hydrogen-bond donors (Lipinski definition) is 2. The van der Waals surface area contributed by atoms with Crippen molar-refractivity contribution in [3.8, 4) is 0 Å². The first-order chi connectivity index (χ1) is 5.45. The van der Waals surface area contributed by atoms with E-state index in [4.69, 9.17) is 10.0 Å². The van der Waals surface area contributed by atoms with E-state index in [1.807, 2.05) is 20.8 Å². The van der Waals surface area contributed by atoms with E-state index in [2.05, 4.69) is 12.3 Å². The average Bonchev–Trinajstić information content (AvgIpc) is 1.84. The molecule has 0 aliphatic carbocycles. The number of hydrogen-bond acceptors (Lipinski definition) is 4. The Bertz CT molecular complexity index is 112. The monoisotopic (exact) mass is 176 g/mol. The van der Waals surface area contributed by atoms with E-state index < -0.39 is 0 Å². The molecule has 0 heterocycles. The minimum Gasteiger partial charge on any atom is -0.276 e. The zero-order valence-electron chi connectivity index (χ0n) is 8.42. The number of unbranched alkanes of at least 4 members (excludes halogenated alkanes) is 1. The summed E-state index contributed by atoms with van der Waals surface area (Å²) in [5.41, 5.74) is 2.34. The minimum atomic E-state index is -0.367. The van der Waals surface area contributed by atoms with Crippen molar-refractivity contribution >= 4 is 0 Å². The first kappa shape index (κ1) is 11.8. The highest BCUT2D eigenvalue weighted by Gasteiger charge is 2.14. The van der Waals surface area contributed by atoms with Crippen LogP contribution >= 0.6 is 0 Å². The van der Waals surface area contributed by atoms with Gasteiger partial charge in [0.05, 0.1) is 5.60 Å². The van der Waals surface area contributed by atoms with E-state index in [1.54, 1.807) is 0 Å². The van der Waals surface area contributed by atoms with Gasteiger partial charge in [-0.1, -0.05) is 13.3 Å². The van der Waals surface area contributed by atoms with Gasteiger partial charge >= 0.3 is 0 Å². The molecule has 0 aromatic heterocycles. The number of rotatable bonds is 5. The Hall–Kier alpha value is -0.160. The molecule has 12 heavy (non-hydrogen) atoms. The van der Waals surface area contributed by atoms with Crippen LogP contribution in [0, 0.1) is 0 Å². The Morgan fingerprint density at radius 1 is 1.42 bits per heavy atom. The number of nitrogens with one attached hydrogen (secondary N) is 1. The molecule has 2 N–H and O–H groups in total. The quantitative estimate of drug-likeness (QED) is 0.494. The van der Waals surface area contributed by atoms with E-state index in [0.717, 1.165) is 19.4 Å². The second kappa shape index (κ2) is 5.48. The van der Waals surface area contributed by atoms with E-state index in [1.165, 1.54) is 0 Å². The van der Waals surface area contributed by atoms with Gasteiger partial charge in [-0.05, 0) is 27.2 Å². The molecule has 0 aromatic carbocycles. The molecule has 0 amide bonds. The smallest absolute Gasteiger partial charge is 0.0857 e. The van der Waals surface area contributed by atoms with Gasteiger partial charge in [0, 0.05) is 11.9 Å². The van der Waals surface area contributed by atoms with Crippen LogP contribution in [0.3, 0.4) is 0 Å². The third kappa shape index (κ3) is 7.94. The van der Waals surface area contributed by atoms with Crippen LogP contribution in [-0.4, -0.2) is 22.7 Å². The first-order valence-corrected chi connectivity index (χ1v) is 4.37. The minimum absolute atomic E-state index is 0.367. The molecular formula is C8H20N2O2. The lowest BCUT2D eigenvalue weighted by atomic mass is 10.2. The molecule has 0 unspecified atom stereocenters. The van der Waals surface area contributed by atoms with Crippen LogP contribution in [0.2, 0.25) is 0 Å². The first-order valence-electron chi connectivity index (χ1n) is 4.37. The topological polar surface area (TPSA) is 44.7 Å². The van der Waals surface area contributed by atoms with Gasteiger partial charge in [0.25, 0.3) is 0 Å². The SMILES string of the molecule is CCCCNN(O)OC(C)(C)C. The van der Waals surface area contributed by atoms with Crippen molar-refractivity contribution in [1.29, 1.82) is 0 Å². The maximum atomic E-state index is 9.11. The Morgan fingerprint density at radius 3 is 2.42 bits per heavy atom. The maximum Gasteiger partial charge on any atom is 0.0857 e. The van der Waals surface area contributed by atoms with Gasteiger partial charge in [0.15, 0.2) is 0 Å². The number of hydrazine groups is 1. The second-order valence-corrected chi connectivity index (χ2v) is 3.74. The summed E-state index contributed by atoms with van der Waals surface area (Å²) in [5.74, 6) is 0. The van der Waals surface area contributed by atoms with Crippen LogP contribution in [-0.2, 0) is 4.84 Å². The summed E-state index contributed by atoms with van der Waals surface area (Å²) in [6.45, 7) is 8.43. The fourth-order valence-electron chi connectivity index (χ4n) is 0.643. The summed E-state index contributed by atoms with van der Waals surface area (Å²) in [7, 11) is 0. The van der Waals surface area contributed by atoms with Crippen LogP contribution in [0.1, 0.15) is 40.5 Å². The van der Waals surface area contributed by atoms with E-state index in [-0.39, 0.29) is 5.60 Å². The molecule has 0 atom stereocenters. The van der Waals surface area contributed by atoms with Crippen molar-refractivity contribution in [2.45, 2.75) is 46.1 Å². The predicted molar refractivity (Wildman–Crippen MR) is 47.4 cm³/mol. The molecule has 4 nitrogen and oxygen atoms in total. The molecule has 0 bridgehead atoms. The van der Waals surface area contributed by atoms with Crippen molar-refractivity contribution in [2.75, 3.05) is 6.54 Å². The van der Waals surface area contributed by atoms with Crippen molar-refractivity contribution in [3.05, 3.63) is 0 Å². The normalized spacial score (nSPS) is 12.5. The van der Waals surface area contributed by atoms with Gasteiger partial charge in [-0.25, -0.2) is 5.43 Å². The zero-order chi connectivity index (χ0) is 9.61. The summed E-state index contributed by atoms with van der Waals surface area (Å²) >= 11 is 0. The van der Waals surface area contributed by atoms with Gasteiger partial charge in [0.1, 0.15) is 0 Å². The molecule has 0 saturated carbocycles. The largest absolute Gasteiger partial charge is 0.276 e.